The number of hydrogen-bond acceptors (Lipinski definition) is 12. The molecule has 7 rings (SSSR count). The average Bonchev–Trinajstić information content (AvgIpc) is 3.68. The molecule has 0 saturated heterocycles. The van der Waals surface area contributed by atoms with Gasteiger partial charge in [0, 0.05) is 15.7 Å². The van der Waals surface area contributed by atoms with Gasteiger partial charge < -0.3 is 33.0 Å². The maximum absolute atomic E-state index is 10.6. The highest BCUT2D eigenvalue weighted by Crippen LogP contribution is 2.62. The van der Waals surface area contributed by atoms with Gasteiger partial charge >= 0.3 is 1.43 Å². The fraction of sp³-hybridized carbons (Fsp3) is 0.400. The molecule has 9 nitrogen and oxygen atoms in total. The zero-order valence-corrected chi connectivity index (χ0v) is 27.3. The Labute approximate surface area is 264 Å². The first-order chi connectivity index (χ1) is 20.7. The van der Waals surface area contributed by atoms with Crippen LogP contribution in [0.25, 0.3) is 19.5 Å². The molecule has 0 amide bonds. The lowest BCUT2D eigenvalue weighted by Gasteiger charge is -2.19. The number of ether oxygens (including phenoxy) is 6. The third kappa shape index (κ3) is 5.77. The SMILES string of the molecule is CCC(C)C1=C[C+]=C(S(=O)(=O)[O-])C=C1.Cc1sc(-c2sc(-c3sc(C)c4c3OCCO4)c3c2OCCO3)c2c1OCCO2.[H+]. The van der Waals surface area contributed by atoms with E-state index >= 15 is 0 Å². The van der Waals surface area contributed by atoms with Crippen molar-refractivity contribution in [3.8, 4) is 54.0 Å². The van der Waals surface area contributed by atoms with E-state index < -0.39 is 10.1 Å². The molecule has 6 heterocycles. The Morgan fingerprint density at radius 2 is 1.14 bits per heavy atom. The lowest BCUT2D eigenvalue weighted by Crippen LogP contribution is -2.16. The molecule has 0 bridgehead atoms. The second-order valence-electron chi connectivity index (χ2n) is 10.1. The smallest absolute Gasteiger partial charge is 0.742 e. The Morgan fingerprint density at radius 1 is 0.744 bits per heavy atom. The molecule has 0 N–H and O–H groups in total. The lowest BCUT2D eigenvalue weighted by atomic mass is 9.96. The van der Waals surface area contributed by atoms with Gasteiger partial charge in [-0.3, -0.25) is 0 Å². The number of hydrogen-bond donors (Lipinski definition) is 0. The first-order valence-electron chi connectivity index (χ1n) is 13.9. The molecule has 1 unspecified atom stereocenters. The van der Waals surface area contributed by atoms with Gasteiger partial charge in [-0.1, -0.05) is 6.92 Å². The van der Waals surface area contributed by atoms with Gasteiger partial charge in [-0.15, -0.1) is 34.0 Å². The van der Waals surface area contributed by atoms with Crippen molar-refractivity contribution in [3.05, 3.63) is 44.5 Å². The Morgan fingerprint density at radius 3 is 1.51 bits per heavy atom. The van der Waals surface area contributed by atoms with E-state index in [0.29, 0.717) is 45.6 Å². The van der Waals surface area contributed by atoms with Crippen LogP contribution in [0.2, 0.25) is 0 Å². The summed E-state index contributed by atoms with van der Waals surface area (Å²) in [5.74, 6) is 5.24. The van der Waals surface area contributed by atoms with Crippen molar-refractivity contribution in [3.63, 3.8) is 0 Å². The van der Waals surface area contributed by atoms with Gasteiger partial charge in [-0.25, -0.2) is 8.42 Å². The predicted molar refractivity (Wildman–Crippen MR) is 168 cm³/mol. The minimum Gasteiger partial charge on any atom is -0.742 e. The maximum Gasteiger partial charge on any atom is 1.00 e. The second-order valence-corrected chi connectivity index (χ2v) is 14.9. The summed E-state index contributed by atoms with van der Waals surface area (Å²) in [6, 6.07) is 0. The maximum atomic E-state index is 10.6. The molecule has 0 spiro atoms. The Kier molecular flexibility index (Phi) is 8.47. The number of thiophene rings is 3. The minimum atomic E-state index is -4.36. The highest BCUT2D eigenvalue weighted by Gasteiger charge is 2.35. The standard InChI is InChI=1S/C20H18O6S3.C10H12O3S/c1-9-11-13(23-5-3-21-11)17(27-9)19-15-16(26-8-7-25-15)20(29-19)18-14-12(10(2)28-18)22-4-6-24-14;1-3-8(2)9-4-6-10(7-5-9)14(11,12)13/h3-8H2,1-2H3;4-6,8H,3H2,1-2H3/p+1. The van der Waals surface area contributed by atoms with Crippen molar-refractivity contribution in [2.45, 2.75) is 34.1 Å². The highest BCUT2D eigenvalue weighted by molar-refractivity contribution is 7.89. The Bertz CT molecular complexity index is 1660. The van der Waals surface area contributed by atoms with Gasteiger partial charge in [0.05, 0.1) is 43.3 Å². The molecule has 1 atom stereocenters. The monoisotopic (exact) mass is 663 g/mol. The largest absolute Gasteiger partial charge is 1.00 e. The molecule has 0 radical (unpaired) electrons. The summed E-state index contributed by atoms with van der Waals surface area (Å²) < 4.78 is 67.6. The van der Waals surface area contributed by atoms with Crippen molar-refractivity contribution in [2.24, 2.45) is 5.92 Å². The fourth-order valence-electron chi connectivity index (χ4n) is 4.86. The zero-order valence-electron chi connectivity index (χ0n) is 25.1. The first-order valence-corrected chi connectivity index (χ1v) is 17.7. The van der Waals surface area contributed by atoms with Gasteiger partial charge in [0.2, 0.25) is 4.91 Å². The fourth-order valence-corrected chi connectivity index (χ4v) is 8.82. The molecule has 13 heteroatoms. The molecule has 0 saturated carbocycles. The normalized spacial score (nSPS) is 17.2. The van der Waals surface area contributed by atoms with Crippen LogP contribution >= 0.6 is 34.0 Å². The van der Waals surface area contributed by atoms with Crippen molar-refractivity contribution >= 4 is 44.1 Å². The summed E-state index contributed by atoms with van der Waals surface area (Å²) in [4.78, 5) is 6.04. The Hall–Kier alpha value is -3.06. The van der Waals surface area contributed by atoms with Crippen LogP contribution in [0.4, 0.5) is 0 Å². The van der Waals surface area contributed by atoms with Gasteiger partial charge in [0.15, 0.2) is 44.6 Å². The minimum absolute atomic E-state index is 0. The molecular weight excluding hydrogens is 633 g/mol. The van der Waals surface area contributed by atoms with Crippen LogP contribution in [0.3, 0.4) is 0 Å². The molecule has 0 fully saturated rings. The first kappa shape index (κ1) is 30.0. The van der Waals surface area contributed by atoms with E-state index in [1.54, 1.807) is 46.2 Å². The number of aryl methyl sites for hydroxylation is 2. The van der Waals surface area contributed by atoms with E-state index in [4.69, 9.17) is 28.4 Å². The molecule has 1 aliphatic carbocycles. The molecule has 0 aromatic carbocycles. The molecule has 3 aliphatic heterocycles. The summed E-state index contributed by atoms with van der Waals surface area (Å²) in [5, 5.41) is 0. The van der Waals surface area contributed by atoms with E-state index in [9.17, 15) is 13.0 Å². The number of rotatable bonds is 5. The molecule has 228 valence electrons. The van der Waals surface area contributed by atoms with Crippen LogP contribution in [0.5, 0.6) is 34.5 Å². The Balaban J connectivity index is 0.000000219. The average molecular weight is 664 g/mol. The molecule has 3 aromatic heterocycles. The molecule has 43 heavy (non-hydrogen) atoms. The van der Waals surface area contributed by atoms with E-state index in [2.05, 4.69) is 19.9 Å². The van der Waals surface area contributed by atoms with Crippen LogP contribution in [0.1, 0.15) is 31.4 Å². The topological polar surface area (TPSA) is 113 Å². The van der Waals surface area contributed by atoms with Crippen LogP contribution in [0.15, 0.2) is 28.7 Å². The quantitative estimate of drug-likeness (QED) is 0.210. The van der Waals surface area contributed by atoms with E-state index in [-0.39, 0.29) is 6.33 Å². The van der Waals surface area contributed by atoms with Crippen molar-refractivity contribution < 1.29 is 42.8 Å². The summed E-state index contributed by atoms with van der Waals surface area (Å²) >= 11 is 5.00. The van der Waals surface area contributed by atoms with Gasteiger partial charge in [0.1, 0.15) is 45.7 Å². The molecular formula is C30H31O9S4+. The van der Waals surface area contributed by atoms with Crippen LogP contribution in [-0.2, 0) is 10.1 Å². The lowest BCUT2D eigenvalue weighted by molar-refractivity contribution is 0.170. The van der Waals surface area contributed by atoms with E-state index in [1.165, 1.54) is 6.08 Å². The summed E-state index contributed by atoms with van der Waals surface area (Å²) in [6.07, 6.45) is 8.00. The van der Waals surface area contributed by atoms with Crippen LogP contribution < -0.4 is 28.4 Å². The third-order valence-electron chi connectivity index (χ3n) is 7.20. The van der Waals surface area contributed by atoms with Crippen LogP contribution in [0, 0.1) is 25.8 Å². The van der Waals surface area contributed by atoms with E-state index in [1.807, 2.05) is 13.8 Å². The predicted octanol–water partition coefficient (Wildman–Crippen LogP) is 7.01. The van der Waals surface area contributed by atoms with Crippen molar-refractivity contribution in [1.29, 1.82) is 0 Å². The summed E-state index contributed by atoms with van der Waals surface area (Å²) in [6.45, 7) is 11.5. The van der Waals surface area contributed by atoms with Gasteiger partial charge in [-0.05, 0) is 27.2 Å². The van der Waals surface area contributed by atoms with Gasteiger partial charge in [-0.2, -0.15) is 0 Å². The highest BCUT2D eigenvalue weighted by atomic mass is 32.2. The number of allylic oxidation sites excluding steroid dienone is 5. The molecule has 3 aromatic rings. The van der Waals surface area contributed by atoms with Crippen molar-refractivity contribution in [2.75, 3.05) is 39.6 Å². The zero-order chi connectivity index (χ0) is 30.3. The number of fused-ring (bicyclic) bond motifs is 3. The second kappa shape index (κ2) is 12.1. The molecule has 4 aliphatic rings. The van der Waals surface area contributed by atoms with Crippen molar-refractivity contribution in [1.82, 2.24) is 0 Å². The summed E-state index contributed by atoms with van der Waals surface area (Å²) in [5.41, 5.74) is 1.000. The van der Waals surface area contributed by atoms with Gasteiger partial charge in [0.25, 0.3) is 0 Å². The summed E-state index contributed by atoms with van der Waals surface area (Å²) in [7, 11) is -4.36. The van der Waals surface area contributed by atoms with Crippen LogP contribution in [-0.4, -0.2) is 52.6 Å². The van der Waals surface area contributed by atoms with E-state index in [0.717, 1.165) is 75.8 Å². The third-order valence-corrected chi connectivity index (χ3v) is 11.6.